The molecule has 0 saturated heterocycles. The van der Waals surface area contributed by atoms with Gasteiger partial charge in [0.15, 0.2) is 0 Å². The third-order valence-corrected chi connectivity index (χ3v) is 3.41. The summed E-state index contributed by atoms with van der Waals surface area (Å²) in [6, 6.07) is 16.4. The topological polar surface area (TPSA) is 99.4 Å². The molecule has 0 amide bonds. The summed E-state index contributed by atoms with van der Waals surface area (Å²) in [5.41, 5.74) is 0.309. The van der Waals surface area contributed by atoms with Gasteiger partial charge < -0.3 is 14.8 Å². The van der Waals surface area contributed by atoms with Crippen molar-refractivity contribution >= 4 is 17.2 Å². The average molecular weight is 366 g/mol. The molecule has 0 aliphatic rings. The Morgan fingerprint density at radius 1 is 1.00 bits per heavy atom. The molecule has 0 unspecified atom stereocenters. The maximum Gasteiger partial charge on any atom is 0.373 e. The Hall–Kier alpha value is -3.68. The Kier molecular flexibility index (Phi) is 5.46. The fourth-order valence-electron chi connectivity index (χ4n) is 2.30. The molecular weight excluding hydrogens is 348 g/mol. The largest absolute Gasteiger partial charge is 0.470 e. The number of nitro groups is 1. The van der Waals surface area contributed by atoms with Gasteiger partial charge in [0.1, 0.15) is 17.8 Å². The molecule has 8 nitrogen and oxygen atoms in total. The number of nitrogens with one attached hydrogen (secondary N) is 1. The van der Waals surface area contributed by atoms with Crippen LogP contribution in [0.3, 0.4) is 0 Å². The Morgan fingerprint density at radius 3 is 2.30 bits per heavy atom. The van der Waals surface area contributed by atoms with Crippen LogP contribution < -0.4 is 14.8 Å². The summed E-state index contributed by atoms with van der Waals surface area (Å²) >= 11 is 0. The van der Waals surface area contributed by atoms with Gasteiger partial charge in [0.2, 0.25) is 5.82 Å². The lowest BCUT2D eigenvalue weighted by Crippen LogP contribution is -2.10. The summed E-state index contributed by atoms with van der Waals surface area (Å²) in [4.78, 5) is 18.7. The van der Waals surface area contributed by atoms with Crippen molar-refractivity contribution in [3.8, 4) is 17.4 Å². The third-order valence-electron chi connectivity index (χ3n) is 3.41. The number of para-hydroxylation sites is 1. The van der Waals surface area contributed by atoms with Crippen LogP contribution >= 0.6 is 0 Å². The van der Waals surface area contributed by atoms with Crippen LogP contribution in [0.25, 0.3) is 0 Å². The molecule has 0 atom stereocenters. The molecule has 0 bridgehead atoms. The normalized spacial score (nSPS) is 10.5. The van der Waals surface area contributed by atoms with Crippen LogP contribution in [0.4, 0.5) is 17.2 Å². The third kappa shape index (κ3) is 4.69. The van der Waals surface area contributed by atoms with Crippen molar-refractivity contribution < 1.29 is 14.4 Å². The number of anilines is 2. The molecule has 3 aromatic rings. The van der Waals surface area contributed by atoms with Gasteiger partial charge in [-0.15, -0.1) is 0 Å². The fourth-order valence-corrected chi connectivity index (χ4v) is 2.30. The van der Waals surface area contributed by atoms with E-state index in [9.17, 15) is 10.1 Å². The minimum Gasteiger partial charge on any atom is -0.470 e. The molecule has 0 aliphatic carbocycles. The SMILES string of the molecule is CC(C)Oc1ncnc(Nc2ccc(Oc3ccccc3)cc2)c1[N+](=O)[O-]. The van der Waals surface area contributed by atoms with E-state index in [0.717, 1.165) is 5.75 Å². The molecule has 27 heavy (non-hydrogen) atoms. The fraction of sp³-hybridized carbons (Fsp3) is 0.158. The molecule has 1 N–H and O–H groups in total. The number of rotatable bonds is 7. The molecule has 0 fully saturated rings. The van der Waals surface area contributed by atoms with Crippen molar-refractivity contribution in [1.82, 2.24) is 9.97 Å². The molecule has 1 heterocycles. The van der Waals surface area contributed by atoms with Gasteiger partial charge >= 0.3 is 5.69 Å². The van der Waals surface area contributed by atoms with Gasteiger partial charge in [-0.25, -0.2) is 4.98 Å². The second-order valence-corrected chi connectivity index (χ2v) is 5.86. The number of benzene rings is 2. The molecule has 0 saturated carbocycles. The average Bonchev–Trinajstić information content (AvgIpc) is 2.63. The summed E-state index contributed by atoms with van der Waals surface area (Å²) < 4.78 is 11.1. The van der Waals surface area contributed by atoms with Crippen molar-refractivity contribution in [3.05, 3.63) is 71.0 Å². The van der Waals surface area contributed by atoms with Gasteiger partial charge in [0, 0.05) is 5.69 Å². The van der Waals surface area contributed by atoms with Gasteiger partial charge in [0.25, 0.3) is 5.88 Å². The lowest BCUT2D eigenvalue weighted by molar-refractivity contribution is -0.385. The summed E-state index contributed by atoms with van der Waals surface area (Å²) in [5, 5.41) is 14.4. The van der Waals surface area contributed by atoms with E-state index in [1.165, 1.54) is 6.33 Å². The zero-order valence-corrected chi connectivity index (χ0v) is 14.8. The second-order valence-electron chi connectivity index (χ2n) is 5.86. The quantitative estimate of drug-likeness (QED) is 0.477. The van der Waals surface area contributed by atoms with Gasteiger partial charge in [0.05, 0.1) is 11.0 Å². The first-order valence-electron chi connectivity index (χ1n) is 8.29. The first-order valence-corrected chi connectivity index (χ1v) is 8.29. The highest BCUT2D eigenvalue weighted by atomic mass is 16.6. The van der Waals surface area contributed by atoms with E-state index in [1.54, 1.807) is 38.1 Å². The highest BCUT2D eigenvalue weighted by Gasteiger charge is 2.25. The molecular formula is C19H18N4O4. The van der Waals surface area contributed by atoms with E-state index in [4.69, 9.17) is 9.47 Å². The number of hydrogen-bond acceptors (Lipinski definition) is 7. The molecule has 3 rings (SSSR count). The Bertz CT molecular complexity index is 915. The maximum absolute atomic E-state index is 11.5. The maximum atomic E-state index is 11.5. The highest BCUT2D eigenvalue weighted by Crippen LogP contribution is 2.33. The van der Waals surface area contributed by atoms with Crippen LogP contribution in [-0.4, -0.2) is 21.0 Å². The molecule has 138 valence electrons. The van der Waals surface area contributed by atoms with Crippen LogP contribution in [-0.2, 0) is 0 Å². The van der Waals surface area contributed by atoms with E-state index in [-0.39, 0.29) is 23.5 Å². The van der Waals surface area contributed by atoms with E-state index in [0.29, 0.717) is 11.4 Å². The van der Waals surface area contributed by atoms with Crippen LogP contribution in [0, 0.1) is 10.1 Å². The van der Waals surface area contributed by atoms with E-state index in [1.807, 2.05) is 30.3 Å². The molecule has 2 aromatic carbocycles. The first kappa shape index (κ1) is 18.1. The van der Waals surface area contributed by atoms with Gasteiger partial charge in [-0.05, 0) is 50.2 Å². The summed E-state index contributed by atoms with van der Waals surface area (Å²) in [5.74, 6) is 1.35. The molecule has 0 spiro atoms. The Balaban J connectivity index is 1.80. The second kappa shape index (κ2) is 8.13. The Labute approximate surface area is 156 Å². The van der Waals surface area contributed by atoms with Crippen LogP contribution in [0.15, 0.2) is 60.9 Å². The van der Waals surface area contributed by atoms with Crippen molar-refractivity contribution in [2.75, 3.05) is 5.32 Å². The van der Waals surface area contributed by atoms with Gasteiger partial charge in [-0.1, -0.05) is 18.2 Å². The predicted molar refractivity (Wildman–Crippen MR) is 101 cm³/mol. The molecule has 0 radical (unpaired) electrons. The molecule has 8 heteroatoms. The lowest BCUT2D eigenvalue weighted by Gasteiger charge is -2.12. The van der Waals surface area contributed by atoms with Gasteiger partial charge in [-0.3, -0.25) is 10.1 Å². The van der Waals surface area contributed by atoms with Gasteiger partial charge in [-0.2, -0.15) is 4.98 Å². The monoisotopic (exact) mass is 366 g/mol. The van der Waals surface area contributed by atoms with Crippen LogP contribution in [0.2, 0.25) is 0 Å². The minimum atomic E-state index is -0.563. The van der Waals surface area contributed by atoms with E-state index < -0.39 is 4.92 Å². The van der Waals surface area contributed by atoms with Crippen molar-refractivity contribution in [2.45, 2.75) is 20.0 Å². The number of nitrogens with zero attached hydrogens (tertiary/aromatic N) is 3. The van der Waals surface area contributed by atoms with Crippen LogP contribution in [0.5, 0.6) is 17.4 Å². The summed E-state index contributed by atoms with van der Waals surface area (Å²) in [7, 11) is 0. The van der Waals surface area contributed by atoms with Crippen LogP contribution in [0.1, 0.15) is 13.8 Å². The predicted octanol–water partition coefficient (Wildman–Crippen LogP) is 4.71. The smallest absolute Gasteiger partial charge is 0.373 e. The number of hydrogen-bond donors (Lipinski definition) is 1. The standard InChI is InChI=1S/C19H18N4O4/c1-13(2)26-19-17(23(24)25)18(20-12-21-19)22-14-8-10-16(11-9-14)27-15-6-4-3-5-7-15/h3-13H,1-2H3,(H,20,21,22). The molecule has 1 aromatic heterocycles. The highest BCUT2D eigenvalue weighted by molar-refractivity contribution is 5.68. The van der Waals surface area contributed by atoms with Crippen molar-refractivity contribution in [1.29, 1.82) is 0 Å². The Morgan fingerprint density at radius 2 is 1.67 bits per heavy atom. The number of ether oxygens (including phenoxy) is 2. The molecule has 0 aliphatic heterocycles. The zero-order valence-electron chi connectivity index (χ0n) is 14.8. The van der Waals surface area contributed by atoms with Crippen molar-refractivity contribution in [2.24, 2.45) is 0 Å². The van der Waals surface area contributed by atoms with E-state index in [2.05, 4.69) is 15.3 Å². The minimum absolute atomic E-state index is 0.0578. The van der Waals surface area contributed by atoms with Crippen molar-refractivity contribution in [3.63, 3.8) is 0 Å². The first-order chi connectivity index (χ1) is 13.0. The van der Waals surface area contributed by atoms with E-state index >= 15 is 0 Å². The zero-order chi connectivity index (χ0) is 19.2. The summed E-state index contributed by atoms with van der Waals surface area (Å²) in [6.45, 7) is 3.54. The number of aromatic nitrogens is 2. The summed E-state index contributed by atoms with van der Waals surface area (Å²) in [6.07, 6.45) is 0.973. The lowest BCUT2D eigenvalue weighted by atomic mass is 10.3.